The Hall–Kier alpha value is 0.466. The Morgan fingerprint density at radius 2 is 1.80 bits per heavy atom. The average Bonchev–Trinajstić information content (AvgIpc) is 1.80. The number of rotatable bonds is 0. The van der Waals surface area contributed by atoms with E-state index in [2.05, 4.69) is 48.0 Å². The SMILES string of the molecule is Cc1ccc(Br)cc1C.[H-].[H-].[Mg+2]. The summed E-state index contributed by atoms with van der Waals surface area (Å²) in [6.45, 7) is 4.22. The zero-order valence-electron chi connectivity index (χ0n) is 8.32. The van der Waals surface area contributed by atoms with E-state index in [4.69, 9.17) is 0 Å². The first-order valence-corrected chi connectivity index (χ1v) is 3.72. The van der Waals surface area contributed by atoms with E-state index in [0.717, 1.165) is 4.47 Å². The first-order valence-electron chi connectivity index (χ1n) is 2.93. The summed E-state index contributed by atoms with van der Waals surface area (Å²) in [7, 11) is 0. The van der Waals surface area contributed by atoms with Crippen molar-refractivity contribution in [3.63, 3.8) is 0 Å². The predicted octanol–water partition coefficient (Wildman–Crippen LogP) is 2.91. The van der Waals surface area contributed by atoms with Gasteiger partial charge in [-0.3, -0.25) is 0 Å². The van der Waals surface area contributed by atoms with Gasteiger partial charge in [0.1, 0.15) is 0 Å². The summed E-state index contributed by atoms with van der Waals surface area (Å²) in [5.74, 6) is 0. The maximum Gasteiger partial charge on any atom is 2.00 e. The number of hydrogen-bond acceptors (Lipinski definition) is 0. The molecule has 0 bridgehead atoms. The fraction of sp³-hybridized carbons (Fsp3) is 0.250. The third kappa shape index (κ3) is 2.60. The van der Waals surface area contributed by atoms with E-state index in [1.807, 2.05) is 0 Å². The van der Waals surface area contributed by atoms with Crippen LogP contribution in [0.3, 0.4) is 0 Å². The largest absolute Gasteiger partial charge is 2.00 e. The molecule has 0 spiro atoms. The summed E-state index contributed by atoms with van der Waals surface area (Å²) in [5, 5.41) is 0. The molecule has 1 rings (SSSR count). The van der Waals surface area contributed by atoms with Gasteiger partial charge in [-0.05, 0) is 37.1 Å². The van der Waals surface area contributed by atoms with E-state index in [1.165, 1.54) is 11.1 Å². The van der Waals surface area contributed by atoms with Crippen molar-refractivity contribution >= 4 is 39.0 Å². The van der Waals surface area contributed by atoms with Crippen LogP contribution in [0.1, 0.15) is 14.0 Å². The molecule has 52 valence electrons. The number of aryl methyl sites for hydroxylation is 2. The second kappa shape index (κ2) is 4.37. The van der Waals surface area contributed by atoms with Crippen molar-refractivity contribution in [2.45, 2.75) is 13.8 Å². The summed E-state index contributed by atoms with van der Waals surface area (Å²) in [5.41, 5.74) is 2.68. The minimum Gasteiger partial charge on any atom is -1.00 e. The van der Waals surface area contributed by atoms with E-state index < -0.39 is 0 Å². The molecule has 1 aromatic rings. The van der Waals surface area contributed by atoms with Gasteiger partial charge in [0.2, 0.25) is 0 Å². The van der Waals surface area contributed by atoms with Crippen molar-refractivity contribution in [1.29, 1.82) is 0 Å². The third-order valence-electron chi connectivity index (χ3n) is 1.47. The number of hydrogen-bond donors (Lipinski definition) is 0. The van der Waals surface area contributed by atoms with Crippen LogP contribution in [0.25, 0.3) is 0 Å². The molecule has 0 unspecified atom stereocenters. The summed E-state index contributed by atoms with van der Waals surface area (Å²) >= 11 is 3.40. The standard InChI is InChI=1S/C8H9Br.Mg.2H/c1-6-3-4-8(9)5-7(6)2;;;/h3-5H,1-2H3;;;/q;+2;2*-1. The topological polar surface area (TPSA) is 0 Å². The molecule has 2 heteroatoms. The number of halogens is 1. The van der Waals surface area contributed by atoms with Crippen LogP contribution in [0.5, 0.6) is 0 Å². The van der Waals surface area contributed by atoms with Gasteiger partial charge in [-0.2, -0.15) is 0 Å². The fourth-order valence-electron chi connectivity index (χ4n) is 0.705. The van der Waals surface area contributed by atoms with Crippen LogP contribution in [-0.4, -0.2) is 23.1 Å². The average molecular weight is 211 g/mol. The zero-order valence-corrected chi connectivity index (χ0v) is 9.32. The monoisotopic (exact) mass is 210 g/mol. The Balaban J connectivity index is -0.000000270. The van der Waals surface area contributed by atoms with Gasteiger partial charge in [-0.15, -0.1) is 0 Å². The van der Waals surface area contributed by atoms with Crippen LogP contribution >= 0.6 is 15.9 Å². The summed E-state index contributed by atoms with van der Waals surface area (Å²) in [6.07, 6.45) is 0. The summed E-state index contributed by atoms with van der Waals surface area (Å²) in [4.78, 5) is 0. The van der Waals surface area contributed by atoms with Crippen molar-refractivity contribution in [2.75, 3.05) is 0 Å². The molecule has 0 aliphatic heterocycles. The van der Waals surface area contributed by atoms with Gasteiger partial charge in [-0.25, -0.2) is 0 Å². The summed E-state index contributed by atoms with van der Waals surface area (Å²) in [6, 6.07) is 6.29. The fourth-order valence-corrected chi connectivity index (χ4v) is 1.18. The molecule has 1 aromatic carbocycles. The third-order valence-corrected chi connectivity index (χ3v) is 1.96. The van der Waals surface area contributed by atoms with Crippen molar-refractivity contribution < 1.29 is 2.85 Å². The van der Waals surface area contributed by atoms with Crippen LogP contribution in [-0.2, 0) is 0 Å². The molecule has 0 fully saturated rings. The molecular formula is C8H11BrMg. The molecule has 0 N–H and O–H groups in total. The van der Waals surface area contributed by atoms with Gasteiger partial charge in [0, 0.05) is 4.47 Å². The molecule has 0 aliphatic carbocycles. The first-order chi connectivity index (χ1) is 4.20. The Morgan fingerprint density at radius 3 is 2.20 bits per heavy atom. The molecule has 0 amide bonds. The molecule has 0 aliphatic rings. The van der Waals surface area contributed by atoms with E-state index in [0.29, 0.717) is 0 Å². The van der Waals surface area contributed by atoms with Crippen molar-refractivity contribution in [1.82, 2.24) is 0 Å². The molecule has 0 nitrogen and oxygen atoms in total. The number of benzene rings is 1. The second-order valence-corrected chi connectivity index (χ2v) is 3.14. The Morgan fingerprint density at radius 1 is 1.20 bits per heavy atom. The molecule has 0 radical (unpaired) electrons. The Bertz CT molecular complexity index is 228. The smallest absolute Gasteiger partial charge is 1.00 e. The van der Waals surface area contributed by atoms with E-state index >= 15 is 0 Å². The molecule has 0 saturated heterocycles. The molecule has 0 aromatic heterocycles. The van der Waals surface area contributed by atoms with Crippen LogP contribution in [0, 0.1) is 13.8 Å². The normalized spacial score (nSPS) is 8.70. The van der Waals surface area contributed by atoms with Gasteiger partial charge in [-0.1, -0.05) is 22.0 Å². The first kappa shape index (κ1) is 10.5. The Labute approximate surface area is 89.3 Å². The quantitative estimate of drug-likeness (QED) is 0.579. The van der Waals surface area contributed by atoms with Gasteiger partial charge in [0.15, 0.2) is 0 Å². The molecule has 10 heavy (non-hydrogen) atoms. The maximum atomic E-state index is 3.40. The van der Waals surface area contributed by atoms with Crippen molar-refractivity contribution in [2.24, 2.45) is 0 Å². The van der Waals surface area contributed by atoms with Crippen LogP contribution in [0.2, 0.25) is 0 Å². The maximum absolute atomic E-state index is 3.40. The van der Waals surface area contributed by atoms with Gasteiger partial charge in [0.25, 0.3) is 0 Å². The van der Waals surface area contributed by atoms with E-state index in [9.17, 15) is 0 Å². The van der Waals surface area contributed by atoms with Gasteiger partial charge in [0.05, 0.1) is 0 Å². The van der Waals surface area contributed by atoms with Crippen LogP contribution < -0.4 is 0 Å². The van der Waals surface area contributed by atoms with Gasteiger partial charge < -0.3 is 2.85 Å². The van der Waals surface area contributed by atoms with E-state index in [1.54, 1.807) is 0 Å². The second-order valence-electron chi connectivity index (χ2n) is 2.23. The minimum absolute atomic E-state index is 0. The molecular weight excluding hydrogens is 200 g/mol. The van der Waals surface area contributed by atoms with Crippen LogP contribution in [0.15, 0.2) is 22.7 Å². The van der Waals surface area contributed by atoms with Crippen LogP contribution in [0.4, 0.5) is 0 Å². The summed E-state index contributed by atoms with van der Waals surface area (Å²) < 4.78 is 1.16. The zero-order chi connectivity index (χ0) is 6.85. The predicted molar refractivity (Wildman–Crippen MR) is 51.6 cm³/mol. The van der Waals surface area contributed by atoms with E-state index in [-0.39, 0.29) is 25.9 Å². The van der Waals surface area contributed by atoms with Crippen molar-refractivity contribution in [3.05, 3.63) is 33.8 Å². The molecule has 0 atom stereocenters. The molecule has 0 saturated carbocycles. The Kier molecular flexibility index (Phi) is 4.57. The molecule has 0 heterocycles. The van der Waals surface area contributed by atoms with Gasteiger partial charge >= 0.3 is 23.1 Å². The minimum atomic E-state index is 0. The van der Waals surface area contributed by atoms with Crippen molar-refractivity contribution in [3.8, 4) is 0 Å².